The SMILES string of the molecule is CCCOc1ccnc(NCC(C)N)n1. The Balaban J connectivity index is 2.50. The summed E-state index contributed by atoms with van der Waals surface area (Å²) >= 11 is 0. The highest BCUT2D eigenvalue weighted by Gasteiger charge is 2.00. The van der Waals surface area contributed by atoms with E-state index in [1.165, 1.54) is 0 Å². The van der Waals surface area contributed by atoms with E-state index in [0.717, 1.165) is 6.42 Å². The van der Waals surface area contributed by atoms with Crippen LogP contribution in [0.25, 0.3) is 0 Å². The summed E-state index contributed by atoms with van der Waals surface area (Å²) in [7, 11) is 0. The fourth-order valence-corrected chi connectivity index (χ4v) is 0.967. The minimum absolute atomic E-state index is 0.0776. The minimum Gasteiger partial charge on any atom is -0.478 e. The molecule has 5 nitrogen and oxygen atoms in total. The minimum atomic E-state index is 0.0776. The average molecular weight is 210 g/mol. The van der Waals surface area contributed by atoms with Gasteiger partial charge in [0.1, 0.15) is 0 Å². The van der Waals surface area contributed by atoms with Gasteiger partial charge in [-0.15, -0.1) is 0 Å². The smallest absolute Gasteiger partial charge is 0.225 e. The third kappa shape index (κ3) is 4.60. The van der Waals surface area contributed by atoms with Crippen LogP contribution in [0.3, 0.4) is 0 Å². The molecule has 0 bridgehead atoms. The first kappa shape index (κ1) is 11.7. The van der Waals surface area contributed by atoms with E-state index >= 15 is 0 Å². The monoisotopic (exact) mass is 210 g/mol. The standard InChI is InChI=1S/C10H18N4O/c1-3-6-15-9-4-5-12-10(14-9)13-7-8(2)11/h4-5,8H,3,6-7,11H2,1-2H3,(H,12,13,14). The van der Waals surface area contributed by atoms with Gasteiger partial charge in [-0.05, 0) is 13.3 Å². The predicted molar refractivity (Wildman–Crippen MR) is 60.0 cm³/mol. The lowest BCUT2D eigenvalue weighted by atomic mass is 10.4. The number of hydrogen-bond acceptors (Lipinski definition) is 5. The summed E-state index contributed by atoms with van der Waals surface area (Å²) in [5.41, 5.74) is 5.61. The highest BCUT2D eigenvalue weighted by Crippen LogP contribution is 2.08. The first-order chi connectivity index (χ1) is 7.22. The van der Waals surface area contributed by atoms with Crippen LogP contribution in [0.1, 0.15) is 20.3 Å². The van der Waals surface area contributed by atoms with Gasteiger partial charge in [0, 0.05) is 24.8 Å². The summed E-state index contributed by atoms with van der Waals surface area (Å²) in [6.07, 6.45) is 2.63. The van der Waals surface area contributed by atoms with Crippen LogP contribution in [-0.4, -0.2) is 29.2 Å². The molecule has 0 aromatic carbocycles. The van der Waals surface area contributed by atoms with Gasteiger partial charge in [0.05, 0.1) is 6.61 Å². The van der Waals surface area contributed by atoms with Gasteiger partial charge in [-0.25, -0.2) is 4.98 Å². The van der Waals surface area contributed by atoms with E-state index in [0.29, 0.717) is 25.0 Å². The molecular formula is C10H18N4O. The molecule has 5 heteroatoms. The van der Waals surface area contributed by atoms with Crippen molar-refractivity contribution in [2.45, 2.75) is 26.3 Å². The van der Waals surface area contributed by atoms with E-state index in [2.05, 4.69) is 22.2 Å². The van der Waals surface area contributed by atoms with Gasteiger partial charge in [-0.2, -0.15) is 4.98 Å². The normalized spacial score (nSPS) is 12.2. The second-order valence-electron chi connectivity index (χ2n) is 3.43. The van der Waals surface area contributed by atoms with E-state index < -0.39 is 0 Å². The van der Waals surface area contributed by atoms with Crippen molar-refractivity contribution < 1.29 is 4.74 Å². The Hall–Kier alpha value is -1.36. The van der Waals surface area contributed by atoms with Gasteiger partial charge in [-0.3, -0.25) is 0 Å². The first-order valence-corrected chi connectivity index (χ1v) is 5.17. The van der Waals surface area contributed by atoms with Crippen LogP contribution >= 0.6 is 0 Å². The molecular weight excluding hydrogens is 192 g/mol. The summed E-state index contributed by atoms with van der Waals surface area (Å²) in [5, 5.41) is 3.03. The molecule has 1 aromatic rings. The van der Waals surface area contributed by atoms with Crippen molar-refractivity contribution in [1.82, 2.24) is 9.97 Å². The van der Waals surface area contributed by atoms with Gasteiger partial charge in [0.15, 0.2) is 0 Å². The number of nitrogens with one attached hydrogen (secondary N) is 1. The molecule has 1 aromatic heterocycles. The number of nitrogens with zero attached hydrogens (tertiary/aromatic N) is 2. The van der Waals surface area contributed by atoms with Crippen molar-refractivity contribution in [3.8, 4) is 5.88 Å². The van der Waals surface area contributed by atoms with Gasteiger partial charge in [0.2, 0.25) is 11.8 Å². The Morgan fingerprint density at radius 3 is 3.07 bits per heavy atom. The maximum atomic E-state index is 5.61. The molecule has 84 valence electrons. The molecule has 0 aliphatic carbocycles. The maximum absolute atomic E-state index is 5.61. The van der Waals surface area contributed by atoms with E-state index in [4.69, 9.17) is 10.5 Å². The highest BCUT2D eigenvalue weighted by molar-refractivity contribution is 5.27. The molecule has 3 N–H and O–H groups in total. The Morgan fingerprint density at radius 1 is 1.60 bits per heavy atom. The number of ether oxygens (including phenoxy) is 1. The molecule has 0 fully saturated rings. The van der Waals surface area contributed by atoms with E-state index in [1.54, 1.807) is 12.3 Å². The number of aromatic nitrogens is 2. The van der Waals surface area contributed by atoms with Gasteiger partial charge < -0.3 is 15.8 Å². The van der Waals surface area contributed by atoms with Crippen LogP contribution in [0.2, 0.25) is 0 Å². The lowest BCUT2D eigenvalue weighted by Crippen LogP contribution is -2.25. The average Bonchev–Trinajstić information content (AvgIpc) is 2.24. The third-order valence-electron chi connectivity index (χ3n) is 1.67. The van der Waals surface area contributed by atoms with Crippen LogP contribution in [0, 0.1) is 0 Å². The van der Waals surface area contributed by atoms with E-state index in [-0.39, 0.29) is 6.04 Å². The summed E-state index contributed by atoms with van der Waals surface area (Å²) in [6, 6.07) is 1.82. The number of nitrogens with two attached hydrogens (primary N) is 1. The van der Waals surface area contributed by atoms with Crippen LogP contribution in [0.4, 0.5) is 5.95 Å². The fourth-order valence-electron chi connectivity index (χ4n) is 0.967. The van der Waals surface area contributed by atoms with Crippen LogP contribution in [0.15, 0.2) is 12.3 Å². The summed E-state index contributed by atoms with van der Waals surface area (Å²) < 4.78 is 5.38. The Morgan fingerprint density at radius 2 is 2.40 bits per heavy atom. The zero-order valence-electron chi connectivity index (χ0n) is 9.23. The molecule has 1 unspecified atom stereocenters. The van der Waals surface area contributed by atoms with Gasteiger partial charge >= 0.3 is 0 Å². The summed E-state index contributed by atoms with van der Waals surface area (Å²) in [6.45, 7) is 5.29. The Labute approximate surface area is 90.1 Å². The summed E-state index contributed by atoms with van der Waals surface area (Å²) in [4.78, 5) is 8.24. The maximum Gasteiger partial charge on any atom is 0.225 e. The molecule has 0 saturated heterocycles. The number of anilines is 1. The van der Waals surface area contributed by atoms with Crippen molar-refractivity contribution in [1.29, 1.82) is 0 Å². The third-order valence-corrected chi connectivity index (χ3v) is 1.67. The van der Waals surface area contributed by atoms with Crippen molar-refractivity contribution in [2.75, 3.05) is 18.5 Å². The second-order valence-corrected chi connectivity index (χ2v) is 3.43. The van der Waals surface area contributed by atoms with E-state index in [1.807, 2.05) is 6.92 Å². The molecule has 0 amide bonds. The molecule has 1 rings (SSSR count). The Kier molecular flexibility index (Phi) is 4.83. The van der Waals surface area contributed by atoms with Crippen molar-refractivity contribution >= 4 is 5.95 Å². The zero-order chi connectivity index (χ0) is 11.1. The lowest BCUT2D eigenvalue weighted by Gasteiger charge is -2.08. The molecule has 0 aliphatic rings. The van der Waals surface area contributed by atoms with E-state index in [9.17, 15) is 0 Å². The first-order valence-electron chi connectivity index (χ1n) is 5.17. The quantitative estimate of drug-likeness (QED) is 0.733. The highest BCUT2D eigenvalue weighted by atomic mass is 16.5. The molecule has 1 heterocycles. The molecule has 0 saturated carbocycles. The summed E-state index contributed by atoms with van der Waals surface area (Å²) in [5.74, 6) is 1.15. The second kappa shape index (κ2) is 6.19. The van der Waals surface area contributed by atoms with Gasteiger partial charge in [0.25, 0.3) is 0 Å². The predicted octanol–water partition coefficient (Wildman–Crippen LogP) is 1.02. The number of rotatable bonds is 6. The fraction of sp³-hybridized carbons (Fsp3) is 0.600. The van der Waals surface area contributed by atoms with Crippen LogP contribution < -0.4 is 15.8 Å². The van der Waals surface area contributed by atoms with Crippen molar-refractivity contribution in [2.24, 2.45) is 5.73 Å². The van der Waals surface area contributed by atoms with Crippen LogP contribution in [-0.2, 0) is 0 Å². The largest absolute Gasteiger partial charge is 0.478 e. The van der Waals surface area contributed by atoms with Crippen molar-refractivity contribution in [3.63, 3.8) is 0 Å². The molecule has 15 heavy (non-hydrogen) atoms. The van der Waals surface area contributed by atoms with Crippen LogP contribution in [0.5, 0.6) is 5.88 Å². The molecule has 0 aliphatic heterocycles. The molecule has 0 radical (unpaired) electrons. The Bertz CT molecular complexity index is 291. The number of hydrogen-bond donors (Lipinski definition) is 2. The topological polar surface area (TPSA) is 73.1 Å². The molecule has 1 atom stereocenters. The lowest BCUT2D eigenvalue weighted by molar-refractivity contribution is 0.305. The zero-order valence-corrected chi connectivity index (χ0v) is 9.23. The van der Waals surface area contributed by atoms with Gasteiger partial charge in [-0.1, -0.05) is 6.92 Å². The molecule has 0 spiro atoms. The van der Waals surface area contributed by atoms with Crippen molar-refractivity contribution in [3.05, 3.63) is 12.3 Å².